The zero-order chi connectivity index (χ0) is 31.8. The number of ether oxygens (including phenoxy) is 2. The van der Waals surface area contributed by atoms with E-state index in [1.807, 2.05) is 54.6 Å². The van der Waals surface area contributed by atoms with E-state index in [2.05, 4.69) is 43.3 Å². The number of hydrogen-bond donors (Lipinski definition) is 2. The van der Waals surface area contributed by atoms with E-state index in [1.165, 1.54) is 77.0 Å². The van der Waals surface area contributed by atoms with Crippen LogP contribution in [0.15, 0.2) is 91.0 Å². The molecule has 4 rings (SSSR count). The quantitative estimate of drug-likeness (QED) is 0.0926. The minimum atomic E-state index is -1.21. The van der Waals surface area contributed by atoms with Crippen molar-refractivity contribution in [3.05, 3.63) is 108 Å². The Bertz CT molecular complexity index is 1090. The fraction of sp³-hybridized carbons (Fsp3) is 0.561. The lowest BCUT2D eigenvalue weighted by molar-refractivity contribution is -0.165. The van der Waals surface area contributed by atoms with Crippen LogP contribution in [0.25, 0.3) is 0 Å². The number of hydrogen-bond acceptors (Lipinski definition) is 4. The summed E-state index contributed by atoms with van der Waals surface area (Å²) in [5.74, 6) is 0. The van der Waals surface area contributed by atoms with Gasteiger partial charge in [-0.15, -0.1) is 0 Å². The van der Waals surface area contributed by atoms with Crippen molar-refractivity contribution in [2.45, 2.75) is 139 Å². The minimum absolute atomic E-state index is 0.345. The molecule has 1 saturated heterocycles. The van der Waals surface area contributed by atoms with Gasteiger partial charge in [0.2, 0.25) is 0 Å². The summed E-state index contributed by atoms with van der Waals surface area (Å²) in [6.07, 6.45) is 16.5. The van der Waals surface area contributed by atoms with Crippen molar-refractivity contribution in [1.82, 2.24) is 0 Å². The third kappa shape index (κ3) is 9.29. The minimum Gasteiger partial charge on any atom is -0.389 e. The maximum absolute atomic E-state index is 12.6. The van der Waals surface area contributed by atoms with Crippen LogP contribution in [0.2, 0.25) is 0 Å². The first-order valence-electron chi connectivity index (χ1n) is 17.8. The Kier molecular flexibility index (Phi) is 14.6. The largest absolute Gasteiger partial charge is 0.389 e. The molecule has 0 aliphatic carbocycles. The van der Waals surface area contributed by atoms with Crippen LogP contribution in [0.4, 0.5) is 0 Å². The van der Waals surface area contributed by atoms with Gasteiger partial charge in [0.1, 0.15) is 12.2 Å². The molecule has 2 N–H and O–H groups in total. The van der Waals surface area contributed by atoms with Crippen molar-refractivity contribution < 1.29 is 19.7 Å². The molecule has 3 aromatic carbocycles. The van der Waals surface area contributed by atoms with Crippen molar-refractivity contribution in [1.29, 1.82) is 0 Å². The van der Waals surface area contributed by atoms with E-state index in [9.17, 15) is 10.2 Å². The summed E-state index contributed by atoms with van der Waals surface area (Å²) in [5, 5.41) is 24.9. The van der Waals surface area contributed by atoms with Crippen molar-refractivity contribution in [2.24, 2.45) is 0 Å². The van der Waals surface area contributed by atoms with Gasteiger partial charge in [0.15, 0.2) is 6.29 Å². The molecule has 1 aliphatic heterocycles. The number of methoxy groups -OCH3 is 1. The van der Waals surface area contributed by atoms with Crippen LogP contribution in [-0.4, -0.2) is 41.4 Å². The van der Waals surface area contributed by atoms with Crippen LogP contribution >= 0.6 is 0 Å². The number of benzene rings is 3. The highest BCUT2D eigenvalue weighted by atomic mass is 16.7. The second kappa shape index (κ2) is 18.6. The van der Waals surface area contributed by atoms with Gasteiger partial charge in [0.25, 0.3) is 0 Å². The van der Waals surface area contributed by atoms with Crippen molar-refractivity contribution in [3.63, 3.8) is 0 Å². The molecule has 0 spiro atoms. The third-order valence-corrected chi connectivity index (χ3v) is 9.99. The van der Waals surface area contributed by atoms with Gasteiger partial charge in [-0.25, -0.2) is 0 Å². The van der Waals surface area contributed by atoms with Crippen LogP contribution in [-0.2, 0) is 14.9 Å². The van der Waals surface area contributed by atoms with Gasteiger partial charge in [0.05, 0.1) is 11.0 Å². The van der Waals surface area contributed by atoms with Gasteiger partial charge < -0.3 is 19.7 Å². The number of aliphatic hydroxyl groups excluding tert-OH is 1. The summed E-state index contributed by atoms with van der Waals surface area (Å²) in [6, 6.07) is 30.5. The predicted octanol–water partition coefficient (Wildman–Crippen LogP) is 9.75. The highest BCUT2D eigenvalue weighted by molar-refractivity contribution is 5.52. The number of unbranched alkanes of at least 4 members (excludes halogenated alkanes) is 13. The molecule has 0 radical (unpaired) electrons. The molecule has 1 unspecified atom stereocenters. The molecule has 1 fully saturated rings. The van der Waals surface area contributed by atoms with Gasteiger partial charge in [0, 0.05) is 13.5 Å². The van der Waals surface area contributed by atoms with Crippen molar-refractivity contribution >= 4 is 0 Å². The van der Waals surface area contributed by atoms with Crippen LogP contribution in [0, 0.1) is 0 Å². The monoisotopic (exact) mass is 614 g/mol. The van der Waals surface area contributed by atoms with Gasteiger partial charge in [-0.1, -0.05) is 188 Å². The Labute approximate surface area is 273 Å². The Morgan fingerprint density at radius 2 is 1.04 bits per heavy atom. The molecule has 45 heavy (non-hydrogen) atoms. The molecule has 4 atom stereocenters. The van der Waals surface area contributed by atoms with Gasteiger partial charge in [-0.3, -0.25) is 0 Å². The number of rotatable bonds is 21. The summed E-state index contributed by atoms with van der Waals surface area (Å²) in [7, 11) is 1.62. The number of aliphatic hydroxyl groups is 2. The SMILES string of the molecule is CCCCCCCCCCCCCCCC[C@]1(O)C[C@@H](OC)O[C@@H]1C(O)C(c1ccccc1)(c1ccccc1)c1ccccc1. The molecule has 0 bridgehead atoms. The standard InChI is InChI=1S/C41H58O4/c1-3-4-5-6-7-8-9-10-11-12-13-14-15-25-32-40(43)33-37(44-2)45-39(40)38(42)41(34-26-19-16-20-27-34,35-28-21-17-22-29-35)36-30-23-18-24-31-36/h16-24,26-31,37-39,42-43H,3-15,25,32-33H2,1-2H3/t37-,38?,39+,40-/m0/s1. The molecule has 1 heterocycles. The summed E-state index contributed by atoms with van der Waals surface area (Å²) in [6.45, 7) is 2.28. The predicted molar refractivity (Wildman–Crippen MR) is 185 cm³/mol. The van der Waals surface area contributed by atoms with Gasteiger partial charge in [-0.2, -0.15) is 0 Å². The van der Waals surface area contributed by atoms with E-state index in [4.69, 9.17) is 9.47 Å². The molecule has 0 saturated carbocycles. The fourth-order valence-corrected chi connectivity index (χ4v) is 7.46. The summed E-state index contributed by atoms with van der Waals surface area (Å²) in [5.41, 5.74) is 0.705. The lowest BCUT2D eigenvalue weighted by Gasteiger charge is -2.45. The first-order chi connectivity index (χ1) is 22.1. The Hall–Kier alpha value is -2.50. The second-order valence-electron chi connectivity index (χ2n) is 13.2. The highest BCUT2D eigenvalue weighted by Gasteiger charge is 2.57. The lowest BCUT2D eigenvalue weighted by Crippen LogP contribution is -2.56. The van der Waals surface area contributed by atoms with E-state index < -0.39 is 29.5 Å². The van der Waals surface area contributed by atoms with E-state index >= 15 is 0 Å². The fourth-order valence-electron chi connectivity index (χ4n) is 7.46. The van der Waals surface area contributed by atoms with E-state index in [1.54, 1.807) is 7.11 Å². The Morgan fingerprint density at radius 3 is 1.42 bits per heavy atom. The summed E-state index contributed by atoms with van der Waals surface area (Å²) >= 11 is 0. The van der Waals surface area contributed by atoms with Crippen LogP contribution in [0.1, 0.15) is 126 Å². The third-order valence-electron chi connectivity index (χ3n) is 9.99. The average molecular weight is 615 g/mol. The highest BCUT2D eigenvalue weighted by Crippen LogP contribution is 2.48. The summed E-state index contributed by atoms with van der Waals surface area (Å²) in [4.78, 5) is 0. The topological polar surface area (TPSA) is 58.9 Å². The van der Waals surface area contributed by atoms with Crippen LogP contribution < -0.4 is 0 Å². The normalized spacial score (nSPS) is 20.8. The first-order valence-corrected chi connectivity index (χ1v) is 17.8. The second-order valence-corrected chi connectivity index (χ2v) is 13.2. The molecule has 1 aliphatic rings. The van der Waals surface area contributed by atoms with Gasteiger partial charge in [-0.05, 0) is 23.1 Å². The summed E-state index contributed by atoms with van der Waals surface area (Å²) < 4.78 is 12.1. The van der Waals surface area contributed by atoms with Crippen LogP contribution in [0.5, 0.6) is 0 Å². The molecule has 4 heteroatoms. The van der Waals surface area contributed by atoms with Crippen molar-refractivity contribution in [3.8, 4) is 0 Å². The smallest absolute Gasteiger partial charge is 0.160 e. The zero-order valence-corrected chi connectivity index (χ0v) is 27.9. The van der Waals surface area contributed by atoms with Crippen LogP contribution in [0.3, 0.4) is 0 Å². The Morgan fingerprint density at radius 1 is 0.667 bits per heavy atom. The van der Waals surface area contributed by atoms with Gasteiger partial charge >= 0.3 is 0 Å². The molecular weight excluding hydrogens is 556 g/mol. The molecule has 4 nitrogen and oxygen atoms in total. The lowest BCUT2D eigenvalue weighted by atomic mass is 9.62. The average Bonchev–Trinajstić information content (AvgIpc) is 3.43. The maximum Gasteiger partial charge on any atom is 0.160 e. The molecule has 0 amide bonds. The van der Waals surface area contributed by atoms with Crippen molar-refractivity contribution in [2.75, 3.05) is 7.11 Å². The first kappa shape index (κ1) is 35.4. The van der Waals surface area contributed by atoms with E-state index in [-0.39, 0.29) is 0 Å². The molecule has 0 aromatic heterocycles. The molecule has 246 valence electrons. The maximum atomic E-state index is 12.6. The zero-order valence-electron chi connectivity index (χ0n) is 27.9. The van der Waals surface area contributed by atoms with E-state index in [0.29, 0.717) is 12.8 Å². The molecule has 3 aromatic rings. The molecular formula is C41H58O4. The van der Waals surface area contributed by atoms with E-state index in [0.717, 1.165) is 29.5 Å². The Balaban J connectivity index is 1.42.